The van der Waals surface area contributed by atoms with Crippen molar-refractivity contribution < 1.29 is 4.79 Å². The zero-order chi connectivity index (χ0) is 16.8. The van der Waals surface area contributed by atoms with Crippen molar-refractivity contribution in [2.45, 2.75) is 0 Å². The maximum Gasteiger partial charge on any atom is 0.194 e. The molecule has 4 rings (SSSR count). The first-order valence-corrected chi connectivity index (χ1v) is 8.23. The van der Waals surface area contributed by atoms with Crippen LogP contribution < -0.4 is 5.73 Å². The summed E-state index contributed by atoms with van der Waals surface area (Å²) in [7, 11) is 0. The number of nitrogens with two attached hydrogens (primary N) is 1. The molecule has 24 heavy (non-hydrogen) atoms. The number of fused-ring (bicyclic) bond motifs is 2. The molecule has 0 spiro atoms. The van der Waals surface area contributed by atoms with Gasteiger partial charge in [0.1, 0.15) is 0 Å². The van der Waals surface area contributed by atoms with Crippen LogP contribution in [0.1, 0.15) is 27.0 Å². The minimum Gasteiger partial charge on any atom is -0.398 e. The Morgan fingerprint density at radius 3 is 2.33 bits per heavy atom. The lowest BCUT2D eigenvalue weighted by Gasteiger charge is -2.22. The Kier molecular flexibility index (Phi) is 3.48. The van der Waals surface area contributed by atoms with Crippen molar-refractivity contribution in [2.24, 2.45) is 0 Å². The van der Waals surface area contributed by atoms with Gasteiger partial charge < -0.3 is 5.73 Å². The number of nitrogen functional groups attached to an aromatic ring is 1. The fourth-order valence-corrected chi connectivity index (χ4v) is 3.75. The minimum atomic E-state index is -0.0950. The second-order valence-electron chi connectivity index (χ2n) is 5.67. The molecule has 0 heterocycles. The fourth-order valence-electron chi connectivity index (χ4n) is 3.08. The Balaban J connectivity index is 1.98. The van der Waals surface area contributed by atoms with Crippen molar-refractivity contribution >= 4 is 40.2 Å². The maximum atomic E-state index is 12.8. The molecule has 116 valence electrons. The number of carbonyl (C=O) groups excluding carboxylic acids is 1. The van der Waals surface area contributed by atoms with Gasteiger partial charge in [0.2, 0.25) is 0 Å². The van der Waals surface area contributed by atoms with Crippen LogP contribution in [-0.4, -0.2) is 10.6 Å². The van der Waals surface area contributed by atoms with Crippen molar-refractivity contribution in [3.05, 3.63) is 87.9 Å². The number of rotatable bonds is 1. The van der Waals surface area contributed by atoms with E-state index in [4.69, 9.17) is 29.6 Å². The number of ketones is 1. The van der Waals surface area contributed by atoms with Crippen LogP contribution in [-0.2, 0) is 0 Å². The molecule has 0 saturated carbocycles. The van der Waals surface area contributed by atoms with Gasteiger partial charge >= 0.3 is 0 Å². The van der Waals surface area contributed by atoms with E-state index in [0.717, 1.165) is 11.1 Å². The molecule has 0 aromatic heterocycles. The SMILES string of the molecule is Nc1cccc2c1C(=S)c1cc(-c3ccccc3)c(Cl)cc1C2=O. The van der Waals surface area contributed by atoms with E-state index in [1.165, 1.54) is 0 Å². The highest BCUT2D eigenvalue weighted by atomic mass is 35.5. The average molecular weight is 350 g/mol. The summed E-state index contributed by atoms with van der Waals surface area (Å²) in [5.74, 6) is -0.0950. The van der Waals surface area contributed by atoms with E-state index in [2.05, 4.69) is 0 Å². The second-order valence-corrected chi connectivity index (χ2v) is 6.49. The zero-order valence-corrected chi connectivity index (χ0v) is 14.1. The summed E-state index contributed by atoms with van der Waals surface area (Å²) in [5.41, 5.74) is 10.8. The summed E-state index contributed by atoms with van der Waals surface area (Å²) in [5, 5.41) is 0.531. The van der Waals surface area contributed by atoms with Gasteiger partial charge in [-0.1, -0.05) is 66.3 Å². The predicted molar refractivity (Wildman–Crippen MR) is 102 cm³/mol. The lowest BCUT2D eigenvalue weighted by atomic mass is 9.82. The van der Waals surface area contributed by atoms with Gasteiger partial charge in [0.05, 0.1) is 4.86 Å². The molecule has 0 amide bonds. The first kappa shape index (κ1) is 15.1. The van der Waals surface area contributed by atoms with Crippen LogP contribution in [0.3, 0.4) is 0 Å². The van der Waals surface area contributed by atoms with Crippen molar-refractivity contribution in [1.82, 2.24) is 0 Å². The molecule has 2 nitrogen and oxygen atoms in total. The second kappa shape index (κ2) is 5.55. The van der Waals surface area contributed by atoms with E-state index >= 15 is 0 Å². The molecule has 0 unspecified atom stereocenters. The standard InChI is InChI=1S/C20H12ClNOS/c21-16-10-14-15(9-13(16)11-5-2-1-3-6-11)20(24)18-12(19(14)23)7-4-8-17(18)22/h1-10H,22H2. The Bertz CT molecular complexity index is 1010. The molecular formula is C20H12ClNOS. The Morgan fingerprint density at radius 1 is 0.833 bits per heavy atom. The third-order valence-corrected chi connectivity index (χ3v) is 4.99. The molecule has 1 aliphatic rings. The van der Waals surface area contributed by atoms with Gasteiger partial charge in [0, 0.05) is 38.5 Å². The third-order valence-electron chi connectivity index (χ3n) is 4.25. The van der Waals surface area contributed by atoms with Crippen LogP contribution in [0.15, 0.2) is 60.7 Å². The van der Waals surface area contributed by atoms with E-state index in [1.807, 2.05) is 36.4 Å². The number of anilines is 1. The van der Waals surface area contributed by atoms with Gasteiger partial charge in [0.15, 0.2) is 5.78 Å². The zero-order valence-electron chi connectivity index (χ0n) is 12.5. The Hall–Kier alpha value is -2.49. The quantitative estimate of drug-likeness (QED) is 0.392. The topological polar surface area (TPSA) is 43.1 Å². The van der Waals surface area contributed by atoms with Crippen molar-refractivity contribution in [3.63, 3.8) is 0 Å². The molecule has 0 atom stereocenters. The maximum absolute atomic E-state index is 12.8. The summed E-state index contributed by atoms with van der Waals surface area (Å²) < 4.78 is 0. The van der Waals surface area contributed by atoms with Gasteiger partial charge in [-0.3, -0.25) is 4.79 Å². The number of hydrogen-bond donors (Lipinski definition) is 1. The molecule has 3 aromatic carbocycles. The monoisotopic (exact) mass is 349 g/mol. The van der Waals surface area contributed by atoms with Crippen molar-refractivity contribution in [3.8, 4) is 11.1 Å². The molecular weight excluding hydrogens is 338 g/mol. The highest BCUT2D eigenvalue weighted by molar-refractivity contribution is 7.81. The van der Waals surface area contributed by atoms with Crippen molar-refractivity contribution in [2.75, 3.05) is 5.73 Å². The van der Waals surface area contributed by atoms with Gasteiger partial charge in [-0.25, -0.2) is 0 Å². The number of thiocarbonyl (C=S) groups is 1. The number of hydrogen-bond acceptors (Lipinski definition) is 3. The summed E-state index contributed by atoms with van der Waals surface area (Å²) in [6.45, 7) is 0. The van der Waals surface area contributed by atoms with Crippen LogP contribution >= 0.6 is 23.8 Å². The van der Waals surface area contributed by atoms with Gasteiger partial charge in [-0.2, -0.15) is 0 Å². The van der Waals surface area contributed by atoms with Crippen LogP contribution in [0.2, 0.25) is 5.02 Å². The first-order valence-electron chi connectivity index (χ1n) is 7.45. The fraction of sp³-hybridized carbons (Fsp3) is 0. The lowest BCUT2D eigenvalue weighted by molar-refractivity contribution is 0.103. The number of benzene rings is 3. The molecule has 3 aromatic rings. The summed E-state index contributed by atoms with van der Waals surface area (Å²) >= 11 is 12.1. The molecule has 4 heteroatoms. The summed E-state index contributed by atoms with van der Waals surface area (Å²) in [6.07, 6.45) is 0. The predicted octanol–water partition coefficient (Wildman–Crippen LogP) is 4.90. The Labute approximate surface area is 149 Å². The molecule has 0 radical (unpaired) electrons. The van der Waals surface area contributed by atoms with E-state index in [9.17, 15) is 4.79 Å². The van der Waals surface area contributed by atoms with Gasteiger partial charge in [-0.05, 0) is 23.8 Å². The van der Waals surface area contributed by atoms with Crippen LogP contribution in [0.25, 0.3) is 11.1 Å². The van der Waals surface area contributed by atoms with E-state index < -0.39 is 0 Å². The van der Waals surface area contributed by atoms with Crippen LogP contribution in [0, 0.1) is 0 Å². The van der Waals surface area contributed by atoms with Crippen LogP contribution in [0.4, 0.5) is 5.69 Å². The highest BCUT2D eigenvalue weighted by Crippen LogP contribution is 2.37. The number of halogens is 1. The molecule has 2 N–H and O–H groups in total. The third kappa shape index (κ3) is 2.17. The molecule has 1 aliphatic carbocycles. The van der Waals surface area contributed by atoms with E-state index in [0.29, 0.717) is 37.8 Å². The minimum absolute atomic E-state index is 0.0950. The molecule has 0 fully saturated rings. The smallest absolute Gasteiger partial charge is 0.194 e. The molecule has 0 aliphatic heterocycles. The van der Waals surface area contributed by atoms with Gasteiger partial charge in [0.25, 0.3) is 0 Å². The van der Waals surface area contributed by atoms with Crippen LogP contribution in [0.5, 0.6) is 0 Å². The van der Waals surface area contributed by atoms with E-state index in [-0.39, 0.29) is 5.78 Å². The molecule has 0 saturated heterocycles. The van der Waals surface area contributed by atoms with E-state index in [1.54, 1.807) is 24.3 Å². The molecule has 0 bridgehead atoms. The number of carbonyl (C=O) groups is 1. The van der Waals surface area contributed by atoms with Crippen molar-refractivity contribution in [1.29, 1.82) is 0 Å². The van der Waals surface area contributed by atoms with Gasteiger partial charge in [-0.15, -0.1) is 0 Å². The Morgan fingerprint density at radius 2 is 1.58 bits per heavy atom. The summed E-state index contributed by atoms with van der Waals surface area (Å²) in [4.78, 5) is 13.4. The highest BCUT2D eigenvalue weighted by Gasteiger charge is 2.29. The normalized spacial score (nSPS) is 12.7. The largest absolute Gasteiger partial charge is 0.398 e. The lowest BCUT2D eigenvalue weighted by Crippen LogP contribution is -2.21. The summed E-state index contributed by atoms with van der Waals surface area (Å²) in [6, 6.07) is 18.7. The first-order chi connectivity index (χ1) is 11.6. The average Bonchev–Trinajstić information content (AvgIpc) is 2.60.